The molecule has 0 unspecified atom stereocenters. The molecule has 0 fully saturated rings. The number of carboxylic acids is 1. The molecule has 0 aromatic heterocycles. The molecule has 0 amide bonds. The minimum Gasteiger partial charge on any atom is -0.492 e. The van der Waals surface area contributed by atoms with Crippen LogP contribution in [0.4, 0.5) is 42.1 Å². The van der Waals surface area contributed by atoms with Crippen molar-refractivity contribution in [1.29, 1.82) is 0 Å². The predicted molar refractivity (Wildman–Crippen MR) is 127 cm³/mol. The van der Waals surface area contributed by atoms with Crippen molar-refractivity contribution in [2.24, 2.45) is 11.3 Å². The first-order chi connectivity index (χ1) is 17.7. The third-order valence-corrected chi connectivity index (χ3v) is 8.23. The van der Waals surface area contributed by atoms with Gasteiger partial charge in [0.25, 0.3) is 0 Å². The summed E-state index contributed by atoms with van der Waals surface area (Å²) in [7, 11) is -5.07. The van der Waals surface area contributed by atoms with Crippen molar-refractivity contribution in [3.63, 3.8) is 0 Å². The predicted octanol–water partition coefficient (Wildman–Crippen LogP) is 6.61. The number of carbonyl (C=O) groups is 1. The minimum atomic E-state index is -5.12. The number of sulfone groups is 1. The number of rotatable bonds is 8. The summed E-state index contributed by atoms with van der Waals surface area (Å²) in [6, 6.07) is 5.04. The van der Waals surface area contributed by atoms with Gasteiger partial charge in [-0.2, -0.15) is 13.2 Å². The maximum Gasteiger partial charge on any atom is 0.420 e. The SMILES string of the molecule is CC(F)(F)CC[C@H]1CN(c2ccc(F)cc2)c2cc(C(F)(F)F)c(OCC(C)(C)C(=O)O)cc2S(=O)(=O)[C@H]1F. The molecule has 216 valence electrons. The molecule has 0 radical (unpaired) electrons. The molecule has 0 saturated carbocycles. The van der Waals surface area contributed by atoms with E-state index in [1.165, 1.54) is 13.8 Å². The van der Waals surface area contributed by atoms with E-state index in [2.05, 4.69) is 0 Å². The Kier molecular flexibility index (Phi) is 8.22. The van der Waals surface area contributed by atoms with Crippen LogP contribution in [0, 0.1) is 17.2 Å². The third kappa shape index (κ3) is 6.76. The van der Waals surface area contributed by atoms with Crippen LogP contribution in [0.3, 0.4) is 0 Å². The molecule has 2 aromatic rings. The molecular formula is C25H26F7NO5S. The largest absolute Gasteiger partial charge is 0.492 e. The van der Waals surface area contributed by atoms with Crippen molar-refractivity contribution < 1.29 is 53.8 Å². The first-order valence-electron chi connectivity index (χ1n) is 11.6. The van der Waals surface area contributed by atoms with Crippen molar-refractivity contribution in [2.45, 2.75) is 56.1 Å². The van der Waals surface area contributed by atoms with Crippen LogP contribution in [0.5, 0.6) is 5.75 Å². The van der Waals surface area contributed by atoms with E-state index in [9.17, 15) is 44.7 Å². The van der Waals surface area contributed by atoms with E-state index in [0.717, 1.165) is 29.2 Å². The van der Waals surface area contributed by atoms with Crippen LogP contribution >= 0.6 is 0 Å². The Labute approximate surface area is 220 Å². The van der Waals surface area contributed by atoms with Crippen LogP contribution in [0.25, 0.3) is 0 Å². The quantitative estimate of drug-likeness (QED) is 0.351. The summed E-state index contributed by atoms with van der Waals surface area (Å²) in [5, 5.41) is 9.28. The highest BCUT2D eigenvalue weighted by Gasteiger charge is 2.45. The van der Waals surface area contributed by atoms with Gasteiger partial charge >= 0.3 is 12.1 Å². The molecule has 6 nitrogen and oxygen atoms in total. The average Bonchev–Trinajstić information content (AvgIpc) is 2.88. The van der Waals surface area contributed by atoms with Crippen LogP contribution < -0.4 is 9.64 Å². The van der Waals surface area contributed by atoms with Gasteiger partial charge in [-0.05, 0) is 57.5 Å². The lowest BCUT2D eigenvalue weighted by molar-refractivity contribution is -0.148. The summed E-state index contributed by atoms with van der Waals surface area (Å²) in [5.41, 5.74) is -6.55. The second kappa shape index (κ2) is 10.5. The van der Waals surface area contributed by atoms with Crippen molar-refractivity contribution in [1.82, 2.24) is 0 Å². The number of hydrogen-bond acceptors (Lipinski definition) is 5. The number of nitrogens with zero attached hydrogens (tertiary/aromatic N) is 1. The number of halogens is 7. The molecule has 0 saturated heterocycles. The maximum absolute atomic E-state index is 15.6. The molecule has 2 aromatic carbocycles. The number of anilines is 2. The average molecular weight is 586 g/mol. The number of hydrogen-bond donors (Lipinski definition) is 1. The number of carboxylic acid groups (broad SMARTS) is 1. The molecule has 0 bridgehead atoms. The Morgan fingerprint density at radius 3 is 2.18 bits per heavy atom. The zero-order valence-electron chi connectivity index (χ0n) is 21.0. The maximum atomic E-state index is 15.6. The van der Waals surface area contributed by atoms with E-state index in [-0.39, 0.29) is 5.69 Å². The first-order valence-corrected chi connectivity index (χ1v) is 13.2. The Bertz CT molecular complexity index is 1320. The lowest BCUT2D eigenvalue weighted by Gasteiger charge is -2.29. The molecule has 1 aliphatic heterocycles. The topological polar surface area (TPSA) is 83.9 Å². The van der Waals surface area contributed by atoms with Gasteiger partial charge in [-0.15, -0.1) is 0 Å². The van der Waals surface area contributed by atoms with Crippen molar-refractivity contribution >= 4 is 27.2 Å². The summed E-state index contributed by atoms with van der Waals surface area (Å²) in [5.74, 6) is -8.04. The fraction of sp³-hybridized carbons (Fsp3) is 0.480. The third-order valence-electron chi connectivity index (χ3n) is 6.31. The zero-order valence-corrected chi connectivity index (χ0v) is 21.8. The highest BCUT2D eigenvalue weighted by molar-refractivity contribution is 7.92. The van der Waals surface area contributed by atoms with Gasteiger partial charge in [-0.1, -0.05) is 0 Å². The van der Waals surface area contributed by atoms with Crippen LogP contribution in [-0.4, -0.2) is 44.1 Å². The number of ether oxygens (including phenoxy) is 1. The van der Waals surface area contributed by atoms with Crippen molar-refractivity contribution in [3.8, 4) is 5.75 Å². The molecule has 1 N–H and O–H groups in total. The number of aliphatic carboxylic acids is 1. The van der Waals surface area contributed by atoms with Gasteiger partial charge in [-0.3, -0.25) is 4.79 Å². The van der Waals surface area contributed by atoms with E-state index in [4.69, 9.17) is 4.74 Å². The summed E-state index contributed by atoms with van der Waals surface area (Å²) < 4.78 is 130. The fourth-order valence-electron chi connectivity index (χ4n) is 3.97. The Morgan fingerprint density at radius 1 is 1.08 bits per heavy atom. The smallest absolute Gasteiger partial charge is 0.420 e. The van der Waals surface area contributed by atoms with Gasteiger partial charge < -0.3 is 14.7 Å². The highest BCUT2D eigenvalue weighted by Crippen LogP contribution is 2.47. The first kappa shape index (κ1) is 30.5. The van der Waals surface area contributed by atoms with Crippen LogP contribution in [-0.2, 0) is 20.8 Å². The lowest BCUT2D eigenvalue weighted by Crippen LogP contribution is -2.32. The summed E-state index contributed by atoms with van der Waals surface area (Å²) in [4.78, 5) is 11.5. The van der Waals surface area contributed by atoms with Crippen LogP contribution in [0.15, 0.2) is 41.3 Å². The van der Waals surface area contributed by atoms with Gasteiger partial charge in [0.1, 0.15) is 18.2 Å². The summed E-state index contributed by atoms with van der Waals surface area (Å²) in [6.45, 7) is 1.50. The van der Waals surface area contributed by atoms with Gasteiger partial charge in [0.05, 0.1) is 21.6 Å². The van der Waals surface area contributed by atoms with E-state index in [1.54, 1.807) is 0 Å². The van der Waals surface area contributed by atoms with E-state index < -0.39 is 98.4 Å². The fourth-order valence-corrected chi connectivity index (χ4v) is 5.67. The monoisotopic (exact) mass is 585 g/mol. The number of alkyl halides is 6. The molecule has 1 aliphatic rings. The Balaban J connectivity index is 2.26. The van der Waals surface area contributed by atoms with Gasteiger partial charge in [-0.25, -0.2) is 26.0 Å². The molecular weight excluding hydrogens is 559 g/mol. The van der Waals surface area contributed by atoms with Crippen LogP contribution in [0.1, 0.15) is 39.2 Å². The molecule has 0 spiro atoms. The molecule has 3 rings (SSSR count). The van der Waals surface area contributed by atoms with Crippen molar-refractivity contribution in [3.05, 3.63) is 47.8 Å². The molecule has 39 heavy (non-hydrogen) atoms. The Morgan fingerprint density at radius 2 is 1.67 bits per heavy atom. The van der Waals surface area contributed by atoms with Crippen LogP contribution in [0.2, 0.25) is 0 Å². The molecule has 0 aliphatic carbocycles. The van der Waals surface area contributed by atoms with Gasteiger partial charge in [0.15, 0.2) is 0 Å². The standard InChI is InChI=1S/C25H26F7NO5S/c1-23(2,22(34)35)13-38-19-11-20-18(10-17(19)25(30,31)32)33(16-6-4-15(26)5-7-16)12-14(8-9-24(3,28)29)21(27)39(20,36)37/h4-7,10-11,14,21H,8-9,12-13H2,1-3H3,(H,34,35)/t14-,21+/m0/s1. The zero-order chi connectivity index (χ0) is 29.6. The van der Waals surface area contributed by atoms with E-state index in [1.807, 2.05) is 0 Å². The Hall–Kier alpha value is -3.03. The van der Waals surface area contributed by atoms with E-state index in [0.29, 0.717) is 19.1 Å². The minimum absolute atomic E-state index is 0.0102. The van der Waals surface area contributed by atoms with E-state index >= 15 is 4.39 Å². The van der Waals surface area contributed by atoms with Crippen molar-refractivity contribution in [2.75, 3.05) is 18.1 Å². The normalized spacial score (nSPS) is 19.8. The second-order valence-electron chi connectivity index (χ2n) is 10.1. The number of benzene rings is 2. The summed E-state index contributed by atoms with van der Waals surface area (Å²) >= 11 is 0. The summed E-state index contributed by atoms with van der Waals surface area (Å²) in [6.07, 6.45) is -6.65. The second-order valence-corrected chi connectivity index (χ2v) is 12.1. The molecule has 2 atom stereocenters. The lowest BCUT2D eigenvalue weighted by atomic mass is 9.95. The van der Waals surface area contributed by atoms with Gasteiger partial charge in [0.2, 0.25) is 21.3 Å². The molecule has 14 heteroatoms. The highest BCUT2D eigenvalue weighted by atomic mass is 32.2. The number of fused-ring (bicyclic) bond motifs is 1. The molecule has 1 heterocycles. The van der Waals surface area contributed by atoms with Gasteiger partial charge in [0, 0.05) is 30.6 Å².